The van der Waals surface area contributed by atoms with E-state index in [4.69, 9.17) is 9.47 Å². The highest BCUT2D eigenvalue weighted by molar-refractivity contribution is 5.31. The zero-order valence-corrected chi connectivity index (χ0v) is 12.5. The fraction of sp³-hybridized carbons (Fsp3) is 0.600. The first-order valence-electron chi connectivity index (χ1n) is 6.81. The van der Waals surface area contributed by atoms with Gasteiger partial charge in [-0.05, 0) is 45.2 Å². The number of methoxy groups -OCH3 is 1. The lowest BCUT2D eigenvalue weighted by molar-refractivity contribution is 0.265. The molecule has 0 atom stereocenters. The molecule has 0 aliphatic carbocycles. The molecule has 4 nitrogen and oxygen atoms in total. The molecule has 0 saturated heterocycles. The Balaban J connectivity index is 2.07. The molecule has 0 amide bonds. The van der Waals surface area contributed by atoms with Gasteiger partial charge in [0.1, 0.15) is 18.1 Å². The van der Waals surface area contributed by atoms with E-state index in [1.165, 1.54) is 0 Å². The van der Waals surface area contributed by atoms with Crippen molar-refractivity contribution in [1.29, 1.82) is 0 Å². The Morgan fingerprint density at radius 3 is 2.32 bits per heavy atom. The fourth-order valence-electron chi connectivity index (χ4n) is 1.55. The topological polar surface area (TPSA) is 33.7 Å². The minimum absolute atomic E-state index is 0.595. The molecule has 0 radical (unpaired) electrons. The van der Waals surface area contributed by atoms with Crippen molar-refractivity contribution in [3.05, 3.63) is 24.3 Å². The van der Waals surface area contributed by atoms with Crippen LogP contribution in [0.4, 0.5) is 0 Å². The van der Waals surface area contributed by atoms with Gasteiger partial charge in [0.2, 0.25) is 0 Å². The summed E-state index contributed by atoms with van der Waals surface area (Å²) < 4.78 is 10.7. The normalized spacial score (nSPS) is 11.1. The Labute approximate surface area is 116 Å². The van der Waals surface area contributed by atoms with Gasteiger partial charge in [0.15, 0.2) is 0 Å². The molecule has 1 N–H and O–H groups in total. The first-order chi connectivity index (χ1) is 9.13. The summed E-state index contributed by atoms with van der Waals surface area (Å²) in [5.41, 5.74) is 0. The maximum absolute atomic E-state index is 5.63. The summed E-state index contributed by atoms with van der Waals surface area (Å²) in [5.74, 6) is 1.73. The van der Waals surface area contributed by atoms with E-state index in [1.807, 2.05) is 24.3 Å². The monoisotopic (exact) mass is 266 g/mol. The van der Waals surface area contributed by atoms with Crippen molar-refractivity contribution in [2.45, 2.75) is 19.9 Å². The smallest absolute Gasteiger partial charge is 0.119 e. The Kier molecular flexibility index (Phi) is 7.30. The summed E-state index contributed by atoms with van der Waals surface area (Å²) in [4.78, 5) is 2.32. The quantitative estimate of drug-likeness (QED) is 0.693. The SMILES string of the molecule is COc1ccc(OCCNCCN(C)C(C)C)cc1. The van der Waals surface area contributed by atoms with Gasteiger partial charge >= 0.3 is 0 Å². The van der Waals surface area contributed by atoms with Crippen molar-refractivity contribution in [3.8, 4) is 11.5 Å². The molecule has 1 aromatic rings. The van der Waals surface area contributed by atoms with Crippen LogP contribution in [-0.2, 0) is 0 Å². The number of hydrogen-bond acceptors (Lipinski definition) is 4. The molecule has 108 valence electrons. The predicted molar refractivity (Wildman–Crippen MR) is 79.1 cm³/mol. The molecule has 0 saturated carbocycles. The van der Waals surface area contributed by atoms with Crippen LogP contribution in [0.5, 0.6) is 11.5 Å². The van der Waals surface area contributed by atoms with Crippen LogP contribution in [0.15, 0.2) is 24.3 Å². The number of nitrogens with one attached hydrogen (secondary N) is 1. The number of likely N-dealkylation sites (N-methyl/N-ethyl adjacent to an activating group) is 1. The van der Waals surface area contributed by atoms with Crippen LogP contribution in [-0.4, -0.2) is 51.3 Å². The third kappa shape index (κ3) is 6.45. The lowest BCUT2D eigenvalue weighted by Gasteiger charge is -2.20. The van der Waals surface area contributed by atoms with Gasteiger partial charge in [-0.3, -0.25) is 0 Å². The zero-order valence-electron chi connectivity index (χ0n) is 12.5. The van der Waals surface area contributed by atoms with E-state index in [0.717, 1.165) is 31.1 Å². The molecule has 0 fully saturated rings. The summed E-state index contributed by atoms with van der Waals surface area (Å²) in [5, 5.41) is 3.37. The van der Waals surface area contributed by atoms with Gasteiger partial charge in [-0.1, -0.05) is 0 Å². The third-order valence-corrected chi connectivity index (χ3v) is 3.13. The summed E-state index contributed by atoms with van der Waals surface area (Å²) >= 11 is 0. The number of ether oxygens (including phenoxy) is 2. The van der Waals surface area contributed by atoms with Crippen LogP contribution in [0.25, 0.3) is 0 Å². The average molecular weight is 266 g/mol. The Morgan fingerprint density at radius 1 is 1.11 bits per heavy atom. The molecule has 0 bridgehead atoms. The van der Waals surface area contributed by atoms with Crippen molar-refractivity contribution in [2.75, 3.05) is 40.4 Å². The van der Waals surface area contributed by atoms with Crippen molar-refractivity contribution < 1.29 is 9.47 Å². The molecular formula is C15H26N2O2. The van der Waals surface area contributed by atoms with Crippen molar-refractivity contribution in [1.82, 2.24) is 10.2 Å². The molecule has 0 aromatic heterocycles. The number of benzene rings is 1. The highest BCUT2D eigenvalue weighted by Gasteiger charge is 2.01. The standard InChI is InChI=1S/C15H26N2O2/c1-13(2)17(3)11-9-16-10-12-19-15-7-5-14(18-4)6-8-15/h5-8,13,16H,9-12H2,1-4H3. The van der Waals surface area contributed by atoms with Crippen LogP contribution in [0.3, 0.4) is 0 Å². The van der Waals surface area contributed by atoms with Crippen molar-refractivity contribution in [2.24, 2.45) is 0 Å². The molecule has 0 spiro atoms. The first-order valence-corrected chi connectivity index (χ1v) is 6.81. The molecule has 4 heteroatoms. The second-order valence-electron chi connectivity index (χ2n) is 4.85. The molecule has 19 heavy (non-hydrogen) atoms. The van der Waals surface area contributed by atoms with Gasteiger partial charge in [-0.2, -0.15) is 0 Å². The predicted octanol–water partition coefficient (Wildman–Crippen LogP) is 2.00. The summed E-state index contributed by atoms with van der Waals surface area (Å²) in [6.07, 6.45) is 0. The van der Waals surface area contributed by atoms with E-state index in [0.29, 0.717) is 12.6 Å². The summed E-state index contributed by atoms with van der Waals surface area (Å²) in [6, 6.07) is 8.25. The second kappa shape index (κ2) is 8.77. The molecule has 0 unspecified atom stereocenters. The van der Waals surface area contributed by atoms with Crippen LogP contribution in [0.2, 0.25) is 0 Å². The lowest BCUT2D eigenvalue weighted by atomic mass is 10.3. The molecule has 0 aliphatic rings. The van der Waals surface area contributed by atoms with Gasteiger partial charge in [-0.15, -0.1) is 0 Å². The maximum atomic E-state index is 5.63. The molecular weight excluding hydrogens is 240 g/mol. The van der Waals surface area contributed by atoms with E-state index in [1.54, 1.807) is 7.11 Å². The van der Waals surface area contributed by atoms with E-state index in [2.05, 4.69) is 31.1 Å². The van der Waals surface area contributed by atoms with Gasteiger partial charge < -0.3 is 19.7 Å². The molecule has 1 aromatic carbocycles. The third-order valence-electron chi connectivity index (χ3n) is 3.13. The fourth-order valence-corrected chi connectivity index (χ4v) is 1.55. The van der Waals surface area contributed by atoms with E-state index in [9.17, 15) is 0 Å². The highest BCUT2D eigenvalue weighted by atomic mass is 16.5. The van der Waals surface area contributed by atoms with Gasteiger partial charge in [0.25, 0.3) is 0 Å². The molecule has 0 aliphatic heterocycles. The van der Waals surface area contributed by atoms with E-state index in [-0.39, 0.29) is 0 Å². The average Bonchev–Trinajstić information content (AvgIpc) is 2.42. The lowest BCUT2D eigenvalue weighted by Crippen LogP contribution is -2.35. The second-order valence-corrected chi connectivity index (χ2v) is 4.85. The Bertz CT molecular complexity index is 339. The van der Waals surface area contributed by atoms with E-state index < -0.39 is 0 Å². The number of nitrogens with zero attached hydrogens (tertiary/aromatic N) is 1. The first kappa shape index (κ1) is 15.8. The van der Waals surface area contributed by atoms with Crippen LogP contribution < -0.4 is 14.8 Å². The Morgan fingerprint density at radius 2 is 1.74 bits per heavy atom. The number of rotatable bonds is 9. The molecule has 1 rings (SSSR count). The highest BCUT2D eigenvalue weighted by Crippen LogP contribution is 2.16. The van der Waals surface area contributed by atoms with Crippen molar-refractivity contribution >= 4 is 0 Å². The largest absolute Gasteiger partial charge is 0.497 e. The van der Waals surface area contributed by atoms with Gasteiger partial charge in [0, 0.05) is 25.7 Å². The minimum atomic E-state index is 0.595. The van der Waals surface area contributed by atoms with Gasteiger partial charge in [0.05, 0.1) is 7.11 Å². The zero-order chi connectivity index (χ0) is 14.1. The Hall–Kier alpha value is -1.26. The van der Waals surface area contributed by atoms with Gasteiger partial charge in [-0.25, -0.2) is 0 Å². The number of hydrogen-bond donors (Lipinski definition) is 1. The summed E-state index contributed by atoms with van der Waals surface area (Å²) in [7, 11) is 3.80. The van der Waals surface area contributed by atoms with Crippen LogP contribution in [0, 0.1) is 0 Å². The molecule has 0 heterocycles. The van der Waals surface area contributed by atoms with Crippen LogP contribution in [0.1, 0.15) is 13.8 Å². The maximum Gasteiger partial charge on any atom is 0.119 e. The van der Waals surface area contributed by atoms with Crippen molar-refractivity contribution in [3.63, 3.8) is 0 Å². The summed E-state index contributed by atoms with van der Waals surface area (Å²) in [6.45, 7) is 7.98. The van der Waals surface area contributed by atoms with Crippen LogP contribution >= 0.6 is 0 Å². The minimum Gasteiger partial charge on any atom is -0.497 e. The van der Waals surface area contributed by atoms with E-state index >= 15 is 0 Å².